The van der Waals surface area contributed by atoms with Crippen molar-refractivity contribution in [1.29, 1.82) is 0 Å². The van der Waals surface area contributed by atoms with Crippen molar-refractivity contribution in [3.05, 3.63) is 72.2 Å². The number of benzene rings is 2. The van der Waals surface area contributed by atoms with E-state index >= 15 is 0 Å². The summed E-state index contributed by atoms with van der Waals surface area (Å²) in [4.78, 5) is 22.2. The number of nitrogens with zero attached hydrogens (tertiary/aromatic N) is 2. The third kappa shape index (κ3) is 4.91. The van der Waals surface area contributed by atoms with Crippen LogP contribution in [0.3, 0.4) is 0 Å². The van der Waals surface area contributed by atoms with Crippen molar-refractivity contribution in [1.82, 2.24) is 4.98 Å². The molecule has 1 amide bonds. The molecule has 4 nitrogen and oxygen atoms in total. The van der Waals surface area contributed by atoms with Gasteiger partial charge in [-0.3, -0.25) is 9.69 Å². The summed E-state index contributed by atoms with van der Waals surface area (Å²) >= 11 is 5.04. The average molecular weight is 455 g/mol. The third-order valence-electron chi connectivity index (χ3n) is 4.60. The van der Waals surface area contributed by atoms with Gasteiger partial charge in [-0.1, -0.05) is 30.4 Å². The minimum Gasteiger partial charge on any atom is -0.467 e. The summed E-state index contributed by atoms with van der Waals surface area (Å²) in [7, 11) is 0. The van der Waals surface area contributed by atoms with Gasteiger partial charge in [0.25, 0.3) is 0 Å². The van der Waals surface area contributed by atoms with Crippen molar-refractivity contribution in [3.63, 3.8) is 0 Å². The third-order valence-corrected chi connectivity index (χ3v) is 7.26. The molecule has 0 aliphatic carbocycles. The maximum absolute atomic E-state index is 13.3. The zero-order valence-corrected chi connectivity index (χ0v) is 19.3. The summed E-state index contributed by atoms with van der Waals surface area (Å²) in [5.41, 5.74) is 1.90. The summed E-state index contributed by atoms with van der Waals surface area (Å²) in [5.74, 6) is 1.78. The Morgan fingerprint density at radius 1 is 1.13 bits per heavy atom. The van der Waals surface area contributed by atoms with Gasteiger partial charge in [0.05, 0.1) is 29.4 Å². The molecule has 2 heterocycles. The van der Waals surface area contributed by atoms with Crippen LogP contribution in [0.15, 0.2) is 75.1 Å². The van der Waals surface area contributed by atoms with Crippen molar-refractivity contribution >= 4 is 56.1 Å². The molecule has 2 aromatic heterocycles. The van der Waals surface area contributed by atoms with Gasteiger partial charge < -0.3 is 4.42 Å². The van der Waals surface area contributed by atoms with E-state index in [9.17, 15) is 4.79 Å². The number of anilines is 1. The predicted octanol–water partition coefficient (Wildman–Crippen LogP) is 6.50. The normalized spacial score (nSPS) is 11.1. The fourth-order valence-corrected chi connectivity index (χ4v) is 5.29. The standard InChI is InChI=1S/C23H22N2O2S3/c1-3-29-18-8-6-16(7-9-18)13-22(26)25(15-17-5-4-12-27-17)23-24-20-11-10-19(28-2)14-21(20)30-23/h4-12,14H,3,13,15H2,1-2H3. The SMILES string of the molecule is CCSc1ccc(CC(=O)N(Cc2ccco2)c2nc3ccc(SC)cc3s2)cc1. The van der Waals surface area contributed by atoms with Crippen LogP contribution in [-0.4, -0.2) is 22.9 Å². The van der Waals surface area contributed by atoms with Crippen LogP contribution in [0, 0.1) is 0 Å². The fourth-order valence-electron chi connectivity index (χ4n) is 3.10. The zero-order valence-electron chi connectivity index (χ0n) is 16.8. The molecule has 0 spiro atoms. The topological polar surface area (TPSA) is 46.3 Å². The molecular formula is C23H22N2O2S3. The van der Waals surface area contributed by atoms with Gasteiger partial charge in [0.1, 0.15) is 5.76 Å². The molecule has 4 aromatic rings. The lowest BCUT2D eigenvalue weighted by molar-refractivity contribution is -0.118. The van der Waals surface area contributed by atoms with Crippen molar-refractivity contribution in [2.45, 2.75) is 29.7 Å². The van der Waals surface area contributed by atoms with Crippen LogP contribution in [0.25, 0.3) is 10.2 Å². The number of hydrogen-bond acceptors (Lipinski definition) is 6. The summed E-state index contributed by atoms with van der Waals surface area (Å²) in [6, 6.07) is 18.1. The highest BCUT2D eigenvalue weighted by molar-refractivity contribution is 7.99. The van der Waals surface area contributed by atoms with Gasteiger partial charge >= 0.3 is 0 Å². The predicted molar refractivity (Wildman–Crippen MR) is 128 cm³/mol. The molecule has 0 atom stereocenters. The van der Waals surface area contributed by atoms with Gasteiger partial charge in [-0.2, -0.15) is 0 Å². The van der Waals surface area contributed by atoms with E-state index in [4.69, 9.17) is 9.40 Å². The number of amides is 1. The molecule has 0 fully saturated rings. The minimum absolute atomic E-state index is 0.00596. The summed E-state index contributed by atoms with van der Waals surface area (Å²) in [5, 5.41) is 0.697. The highest BCUT2D eigenvalue weighted by Crippen LogP contribution is 2.33. The number of carbonyl (C=O) groups excluding carboxylic acids is 1. The second-order valence-corrected chi connectivity index (χ2v) is 9.87. The Hall–Kier alpha value is -2.22. The molecule has 0 N–H and O–H groups in total. The molecule has 0 saturated heterocycles. The first-order chi connectivity index (χ1) is 14.7. The molecule has 4 rings (SSSR count). The highest BCUT2D eigenvalue weighted by Gasteiger charge is 2.21. The summed E-state index contributed by atoms with van der Waals surface area (Å²) in [6.45, 7) is 2.50. The van der Waals surface area contributed by atoms with Gasteiger partial charge in [-0.05, 0) is 60.0 Å². The average Bonchev–Trinajstić information content (AvgIpc) is 3.42. The van der Waals surface area contributed by atoms with E-state index in [0.717, 1.165) is 27.3 Å². The van der Waals surface area contributed by atoms with E-state index in [1.54, 1.807) is 46.0 Å². The number of rotatable bonds is 8. The second kappa shape index (κ2) is 9.73. The van der Waals surface area contributed by atoms with Crippen molar-refractivity contribution in [2.75, 3.05) is 16.9 Å². The van der Waals surface area contributed by atoms with E-state index in [1.807, 2.05) is 30.3 Å². The first kappa shape index (κ1) is 21.0. The molecule has 0 saturated carbocycles. The van der Waals surface area contributed by atoms with E-state index in [1.165, 1.54) is 9.79 Å². The Balaban J connectivity index is 1.61. The van der Waals surface area contributed by atoms with Gasteiger partial charge in [0, 0.05) is 9.79 Å². The van der Waals surface area contributed by atoms with Crippen LogP contribution in [0.4, 0.5) is 5.13 Å². The maximum Gasteiger partial charge on any atom is 0.233 e. The van der Waals surface area contributed by atoms with Crippen LogP contribution in [0.5, 0.6) is 0 Å². The number of fused-ring (bicyclic) bond motifs is 1. The lowest BCUT2D eigenvalue weighted by Crippen LogP contribution is -2.31. The van der Waals surface area contributed by atoms with Gasteiger partial charge in [0.15, 0.2) is 5.13 Å². The molecule has 2 aromatic carbocycles. The molecule has 0 aliphatic rings. The Kier molecular flexibility index (Phi) is 6.82. The Morgan fingerprint density at radius 3 is 2.63 bits per heavy atom. The molecule has 0 radical (unpaired) electrons. The van der Waals surface area contributed by atoms with Gasteiger partial charge in [-0.25, -0.2) is 4.98 Å². The van der Waals surface area contributed by atoms with E-state index in [-0.39, 0.29) is 5.91 Å². The lowest BCUT2D eigenvalue weighted by atomic mass is 10.1. The van der Waals surface area contributed by atoms with Crippen molar-refractivity contribution in [2.24, 2.45) is 0 Å². The number of aromatic nitrogens is 1. The molecule has 7 heteroatoms. The molecule has 0 bridgehead atoms. The molecule has 0 unspecified atom stereocenters. The van der Waals surface area contributed by atoms with Crippen LogP contribution < -0.4 is 4.90 Å². The number of hydrogen-bond donors (Lipinski definition) is 0. The zero-order chi connectivity index (χ0) is 20.9. The van der Waals surface area contributed by atoms with Gasteiger partial charge in [-0.15, -0.1) is 23.5 Å². The van der Waals surface area contributed by atoms with E-state index in [2.05, 4.69) is 37.4 Å². The lowest BCUT2D eigenvalue weighted by Gasteiger charge is -2.19. The van der Waals surface area contributed by atoms with Crippen LogP contribution >= 0.6 is 34.9 Å². The largest absolute Gasteiger partial charge is 0.467 e. The number of thiazole rings is 1. The fraction of sp³-hybridized carbons (Fsp3) is 0.217. The number of thioether (sulfide) groups is 2. The monoisotopic (exact) mass is 454 g/mol. The van der Waals surface area contributed by atoms with Crippen LogP contribution in [-0.2, 0) is 17.8 Å². The van der Waals surface area contributed by atoms with Crippen molar-refractivity contribution < 1.29 is 9.21 Å². The van der Waals surface area contributed by atoms with E-state index < -0.39 is 0 Å². The second-order valence-electron chi connectivity index (χ2n) is 6.64. The van der Waals surface area contributed by atoms with Gasteiger partial charge in [0.2, 0.25) is 5.91 Å². The first-order valence-electron chi connectivity index (χ1n) is 9.65. The summed E-state index contributed by atoms with van der Waals surface area (Å²) in [6.07, 6.45) is 4.01. The van der Waals surface area contributed by atoms with Crippen LogP contribution in [0.2, 0.25) is 0 Å². The first-order valence-corrected chi connectivity index (χ1v) is 12.7. The minimum atomic E-state index is 0.00596. The smallest absolute Gasteiger partial charge is 0.233 e. The van der Waals surface area contributed by atoms with E-state index in [0.29, 0.717) is 18.1 Å². The Bertz CT molecular complexity index is 1120. The number of furan rings is 1. The summed E-state index contributed by atoms with van der Waals surface area (Å²) < 4.78 is 6.59. The van der Waals surface area contributed by atoms with Crippen LogP contribution in [0.1, 0.15) is 18.2 Å². The Labute approximate surface area is 188 Å². The molecule has 30 heavy (non-hydrogen) atoms. The number of carbonyl (C=O) groups is 1. The quantitative estimate of drug-likeness (QED) is 0.284. The van der Waals surface area contributed by atoms with Crippen molar-refractivity contribution in [3.8, 4) is 0 Å². The molecule has 0 aliphatic heterocycles. The molecule has 154 valence electrons. The molecular weight excluding hydrogens is 432 g/mol. The maximum atomic E-state index is 13.3. The highest BCUT2D eigenvalue weighted by atomic mass is 32.2. The Morgan fingerprint density at radius 2 is 1.93 bits per heavy atom.